The molecule has 0 bridgehead atoms. The van der Waals surface area contributed by atoms with Crippen LogP contribution in [0, 0.1) is 0 Å². The van der Waals surface area contributed by atoms with Crippen LogP contribution in [0.1, 0.15) is 22.8 Å². The first kappa shape index (κ1) is 18.7. The van der Waals surface area contributed by atoms with Gasteiger partial charge in [0, 0.05) is 16.5 Å². The largest absolute Gasteiger partial charge is 0.494 e. The molecule has 0 spiro atoms. The molecule has 0 radical (unpaired) electrons. The second-order valence-corrected chi connectivity index (χ2v) is 6.64. The Morgan fingerprint density at radius 2 is 1.76 bits per heavy atom. The molecule has 146 valence electrons. The van der Waals surface area contributed by atoms with E-state index in [0.29, 0.717) is 17.9 Å². The van der Waals surface area contributed by atoms with Crippen LogP contribution in [-0.4, -0.2) is 25.0 Å². The molecule has 0 aliphatic carbocycles. The number of carbonyl (C=O) groups is 2. The molecule has 3 aromatic carbocycles. The molecule has 4 aromatic rings. The topological polar surface area (TPSA) is 65.7 Å². The quantitative estimate of drug-likeness (QED) is 0.331. The van der Waals surface area contributed by atoms with E-state index in [4.69, 9.17) is 13.9 Å². The van der Waals surface area contributed by atoms with Crippen LogP contribution in [0.4, 0.5) is 0 Å². The molecule has 5 heteroatoms. The summed E-state index contributed by atoms with van der Waals surface area (Å²) in [5, 5.41) is 2.99. The van der Waals surface area contributed by atoms with Crippen molar-refractivity contribution in [2.75, 3.05) is 13.2 Å². The second-order valence-electron chi connectivity index (χ2n) is 6.64. The van der Waals surface area contributed by atoms with Crippen LogP contribution >= 0.6 is 0 Å². The third-order valence-electron chi connectivity index (χ3n) is 4.73. The molecule has 0 unspecified atom stereocenters. The van der Waals surface area contributed by atoms with Crippen LogP contribution in [-0.2, 0) is 16.0 Å². The molecule has 1 heterocycles. The van der Waals surface area contributed by atoms with Crippen molar-refractivity contribution >= 4 is 33.5 Å². The first-order valence-corrected chi connectivity index (χ1v) is 9.45. The van der Waals surface area contributed by atoms with E-state index in [9.17, 15) is 9.59 Å². The predicted octanol–water partition coefficient (Wildman–Crippen LogP) is 4.95. The Morgan fingerprint density at radius 3 is 2.55 bits per heavy atom. The first-order chi connectivity index (χ1) is 14.2. The minimum atomic E-state index is -0.472. The van der Waals surface area contributed by atoms with E-state index in [-0.39, 0.29) is 18.8 Å². The molecule has 4 rings (SSSR count). The Hall–Kier alpha value is -3.60. The standard InChI is InChI=1S/C24H20O5/c1-2-27-19-10-7-17(8-11-19)21(25)15-29-23(26)13-18-14-28-22-12-9-16-5-3-4-6-20(16)24(18)22/h3-12,14H,2,13,15H2,1H3. The van der Waals surface area contributed by atoms with E-state index in [0.717, 1.165) is 27.3 Å². The van der Waals surface area contributed by atoms with Gasteiger partial charge >= 0.3 is 5.97 Å². The van der Waals surface area contributed by atoms with Gasteiger partial charge in [0.05, 0.1) is 19.3 Å². The number of furan rings is 1. The highest BCUT2D eigenvalue weighted by atomic mass is 16.5. The lowest BCUT2D eigenvalue weighted by Crippen LogP contribution is -2.15. The summed E-state index contributed by atoms with van der Waals surface area (Å²) >= 11 is 0. The molecule has 1 aromatic heterocycles. The van der Waals surface area contributed by atoms with Crippen molar-refractivity contribution < 1.29 is 23.5 Å². The zero-order valence-electron chi connectivity index (χ0n) is 16.0. The number of Topliss-reactive ketones (excluding diaryl/α,β-unsaturated/α-hetero) is 1. The van der Waals surface area contributed by atoms with Gasteiger partial charge in [-0.25, -0.2) is 0 Å². The van der Waals surface area contributed by atoms with Gasteiger partial charge in [-0.3, -0.25) is 9.59 Å². The normalized spacial score (nSPS) is 10.9. The van der Waals surface area contributed by atoms with Gasteiger partial charge in [0.1, 0.15) is 11.3 Å². The summed E-state index contributed by atoms with van der Waals surface area (Å²) in [7, 11) is 0. The Morgan fingerprint density at radius 1 is 0.966 bits per heavy atom. The first-order valence-electron chi connectivity index (χ1n) is 9.45. The van der Waals surface area contributed by atoms with Crippen molar-refractivity contribution in [2.45, 2.75) is 13.3 Å². The molecule has 0 saturated carbocycles. The Labute approximate surface area is 167 Å². The molecule has 0 aliphatic rings. The van der Waals surface area contributed by atoms with Gasteiger partial charge < -0.3 is 13.9 Å². The SMILES string of the molecule is CCOc1ccc(C(=O)COC(=O)Cc2coc3ccc4ccccc4c23)cc1. The summed E-state index contributed by atoms with van der Waals surface area (Å²) in [6, 6.07) is 18.6. The van der Waals surface area contributed by atoms with Crippen molar-refractivity contribution in [3.05, 3.63) is 78.1 Å². The van der Waals surface area contributed by atoms with Crippen LogP contribution in [0.5, 0.6) is 5.75 Å². The van der Waals surface area contributed by atoms with Crippen molar-refractivity contribution in [3.8, 4) is 5.75 Å². The fourth-order valence-electron chi connectivity index (χ4n) is 3.34. The molecule has 0 saturated heterocycles. The summed E-state index contributed by atoms with van der Waals surface area (Å²) in [6.45, 7) is 2.15. The van der Waals surface area contributed by atoms with Crippen molar-refractivity contribution in [3.63, 3.8) is 0 Å². The van der Waals surface area contributed by atoms with Crippen LogP contribution in [0.15, 0.2) is 71.3 Å². The molecule has 0 aliphatic heterocycles. The average molecular weight is 388 g/mol. The molecular formula is C24H20O5. The summed E-state index contributed by atoms with van der Waals surface area (Å²) in [6.07, 6.45) is 1.62. The van der Waals surface area contributed by atoms with Crippen molar-refractivity contribution in [1.82, 2.24) is 0 Å². The van der Waals surface area contributed by atoms with Crippen molar-refractivity contribution in [2.24, 2.45) is 0 Å². The van der Waals surface area contributed by atoms with E-state index in [1.165, 1.54) is 0 Å². The third-order valence-corrected chi connectivity index (χ3v) is 4.73. The lowest BCUT2D eigenvalue weighted by Gasteiger charge is -2.06. The van der Waals surface area contributed by atoms with Crippen molar-refractivity contribution in [1.29, 1.82) is 0 Å². The molecule has 0 fully saturated rings. The zero-order valence-corrected chi connectivity index (χ0v) is 16.0. The van der Waals surface area contributed by atoms with Gasteiger partial charge in [0.2, 0.25) is 0 Å². The number of hydrogen-bond donors (Lipinski definition) is 0. The fraction of sp³-hybridized carbons (Fsp3) is 0.167. The summed E-state index contributed by atoms with van der Waals surface area (Å²) in [5.41, 5.74) is 1.94. The molecular weight excluding hydrogens is 368 g/mol. The molecule has 29 heavy (non-hydrogen) atoms. The maximum atomic E-state index is 12.3. The van der Waals surface area contributed by atoms with Crippen LogP contribution in [0.25, 0.3) is 21.7 Å². The minimum absolute atomic E-state index is 0.0393. The van der Waals surface area contributed by atoms with Gasteiger partial charge in [-0.15, -0.1) is 0 Å². The monoisotopic (exact) mass is 388 g/mol. The maximum Gasteiger partial charge on any atom is 0.310 e. The highest BCUT2D eigenvalue weighted by Crippen LogP contribution is 2.30. The Kier molecular flexibility index (Phi) is 5.29. The number of fused-ring (bicyclic) bond motifs is 3. The van der Waals surface area contributed by atoms with E-state index < -0.39 is 5.97 Å². The van der Waals surface area contributed by atoms with Gasteiger partial charge in [-0.2, -0.15) is 0 Å². The lowest BCUT2D eigenvalue weighted by atomic mass is 10.0. The molecule has 0 amide bonds. The summed E-state index contributed by atoms with van der Waals surface area (Å²) in [5.74, 6) is -0.0380. The molecule has 0 atom stereocenters. The summed E-state index contributed by atoms with van der Waals surface area (Å²) < 4.78 is 16.2. The number of hydrogen-bond acceptors (Lipinski definition) is 5. The lowest BCUT2D eigenvalue weighted by molar-refractivity contribution is -0.141. The number of carbonyl (C=O) groups excluding carboxylic acids is 2. The minimum Gasteiger partial charge on any atom is -0.494 e. The third kappa shape index (κ3) is 3.99. The zero-order chi connectivity index (χ0) is 20.2. The number of rotatable bonds is 7. The number of benzene rings is 3. The number of esters is 1. The van der Waals surface area contributed by atoms with Gasteiger partial charge in [0.15, 0.2) is 12.4 Å². The molecule has 5 nitrogen and oxygen atoms in total. The van der Waals surface area contributed by atoms with Gasteiger partial charge in [0.25, 0.3) is 0 Å². The highest BCUT2D eigenvalue weighted by molar-refractivity contribution is 6.08. The number of ether oxygens (including phenoxy) is 2. The van der Waals surface area contributed by atoms with Crippen LogP contribution < -0.4 is 4.74 Å². The van der Waals surface area contributed by atoms with E-state index in [1.54, 1.807) is 30.5 Å². The van der Waals surface area contributed by atoms with Gasteiger partial charge in [-0.05, 0) is 48.0 Å². The van der Waals surface area contributed by atoms with E-state index in [2.05, 4.69) is 0 Å². The fourth-order valence-corrected chi connectivity index (χ4v) is 3.34. The average Bonchev–Trinajstić information content (AvgIpc) is 3.16. The Bertz CT molecular complexity index is 1170. The van der Waals surface area contributed by atoms with E-state index >= 15 is 0 Å². The Balaban J connectivity index is 1.43. The number of ketones is 1. The maximum absolute atomic E-state index is 12.3. The summed E-state index contributed by atoms with van der Waals surface area (Å²) in [4.78, 5) is 24.6. The molecule has 0 N–H and O–H groups in total. The van der Waals surface area contributed by atoms with E-state index in [1.807, 2.05) is 43.3 Å². The highest BCUT2D eigenvalue weighted by Gasteiger charge is 2.15. The smallest absolute Gasteiger partial charge is 0.310 e. The predicted molar refractivity (Wildman–Crippen MR) is 110 cm³/mol. The van der Waals surface area contributed by atoms with Gasteiger partial charge in [-0.1, -0.05) is 30.3 Å². The second kappa shape index (κ2) is 8.19. The van der Waals surface area contributed by atoms with Crippen LogP contribution in [0.3, 0.4) is 0 Å². The van der Waals surface area contributed by atoms with Crippen LogP contribution in [0.2, 0.25) is 0 Å².